The average molecular weight is 288 g/mol. The number of amides is 1. The zero-order valence-electron chi connectivity index (χ0n) is 12.0. The summed E-state index contributed by atoms with van der Waals surface area (Å²) in [5.74, 6) is -0.0978. The lowest BCUT2D eigenvalue weighted by molar-refractivity contribution is -0.133. The lowest BCUT2D eigenvalue weighted by atomic mass is 9.77. The number of nitrogens with one attached hydrogen (secondary N) is 1. The highest BCUT2D eigenvalue weighted by atomic mass is 16.4. The van der Waals surface area contributed by atoms with Gasteiger partial charge in [-0.1, -0.05) is 30.3 Å². The van der Waals surface area contributed by atoms with Crippen molar-refractivity contribution < 1.29 is 14.8 Å². The first kappa shape index (κ1) is 14.6. The molecule has 0 aromatic heterocycles. The van der Waals surface area contributed by atoms with Crippen molar-refractivity contribution in [1.29, 1.82) is 0 Å². The molecule has 1 aromatic rings. The Balaban J connectivity index is 1.65. The second-order valence-corrected chi connectivity index (χ2v) is 5.96. The number of nitrogens with zero attached hydrogens (tertiary/aromatic N) is 1. The monoisotopic (exact) mass is 288 g/mol. The van der Waals surface area contributed by atoms with Crippen LogP contribution < -0.4 is 5.32 Å². The van der Waals surface area contributed by atoms with Crippen molar-refractivity contribution in [3.63, 3.8) is 0 Å². The van der Waals surface area contributed by atoms with Gasteiger partial charge in [0.15, 0.2) is 0 Å². The molecule has 2 aliphatic heterocycles. The van der Waals surface area contributed by atoms with E-state index in [0.717, 1.165) is 19.4 Å². The number of benzene rings is 1. The smallest absolute Gasteiger partial charge is 0.426 e. The Hall–Kier alpha value is -1.37. The molecule has 1 aromatic carbocycles. The summed E-state index contributed by atoms with van der Waals surface area (Å²) < 4.78 is 0. The summed E-state index contributed by atoms with van der Waals surface area (Å²) in [4.78, 5) is 14.2. The van der Waals surface area contributed by atoms with E-state index in [0.29, 0.717) is 18.9 Å². The zero-order valence-corrected chi connectivity index (χ0v) is 12.0. The summed E-state index contributed by atoms with van der Waals surface area (Å²) >= 11 is 0. The molecule has 5 nitrogen and oxygen atoms in total. The van der Waals surface area contributed by atoms with Crippen LogP contribution in [-0.2, 0) is 4.79 Å². The Bertz CT molecular complexity index is 497. The molecule has 3 N–H and O–H groups in total. The van der Waals surface area contributed by atoms with E-state index in [1.165, 1.54) is 5.56 Å². The van der Waals surface area contributed by atoms with Crippen LogP contribution in [0, 0.1) is 0 Å². The number of hydrogen-bond acceptors (Lipinski definition) is 4. The molecule has 3 atom stereocenters. The first-order valence-corrected chi connectivity index (χ1v) is 7.62. The van der Waals surface area contributed by atoms with Gasteiger partial charge in [-0.3, -0.25) is 4.79 Å². The van der Waals surface area contributed by atoms with Gasteiger partial charge >= 0.3 is 7.12 Å². The Morgan fingerprint density at radius 1 is 1.29 bits per heavy atom. The van der Waals surface area contributed by atoms with Crippen molar-refractivity contribution in [2.24, 2.45) is 0 Å². The molecule has 0 spiro atoms. The highest BCUT2D eigenvalue weighted by Crippen LogP contribution is 2.28. The number of likely N-dealkylation sites (tertiary alicyclic amines) is 1. The molecule has 0 aliphatic carbocycles. The first-order chi connectivity index (χ1) is 10.2. The minimum absolute atomic E-state index is 0.00373. The zero-order chi connectivity index (χ0) is 14.8. The standard InChI is InChI=1S/C15H21BN2O3/c19-15(18-8-4-7-14(18)16(20)21)13-9-12(10-17-13)11-5-2-1-3-6-11/h1-3,5-6,12-14,17,20-21H,4,7-10H2/t12-,13+,14+/m1/s1. The van der Waals surface area contributed by atoms with Crippen LogP contribution in [0.2, 0.25) is 0 Å². The molecule has 2 fully saturated rings. The minimum atomic E-state index is -1.44. The predicted octanol–water partition coefficient (Wildman–Crippen LogP) is 0.135. The molecule has 0 radical (unpaired) electrons. The predicted molar refractivity (Wildman–Crippen MR) is 80.5 cm³/mol. The van der Waals surface area contributed by atoms with Crippen molar-refractivity contribution in [2.45, 2.75) is 37.2 Å². The van der Waals surface area contributed by atoms with Crippen LogP contribution in [0.25, 0.3) is 0 Å². The summed E-state index contributed by atoms with van der Waals surface area (Å²) in [6.07, 6.45) is 2.27. The Morgan fingerprint density at radius 2 is 2.05 bits per heavy atom. The molecule has 0 unspecified atom stereocenters. The van der Waals surface area contributed by atoms with Gasteiger partial charge in [-0.05, 0) is 30.7 Å². The summed E-state index contributed by atoms with van der Waals surface area (Å²) in [6.45, 7) is 1.41. The molecule has 0 bridgehead atoms. The Morgan fingerprint density at radius 3 is 2.76 bits per heavy atom. The molecule has 2 heterocycles. The van der Waals surface area contributed by atoms with Crippen LogP contribution in [0.3, 0.4) is 0 Å². The molecule has 0 saturated carbocycles. The largest absolute Gasteiger partial charge is 0.475 e. The fourth-order valence-corrected chi connectivity index (χ4v) is 3.48. The topological polar surface area (TPSA) is 72.8 Å². The van der Waals surface area contributed by atoms with E-state index in [1.807, 2.05) is 18.2 Å². The van der Waals surface area contributed by atoms with Gasteiger partial charge in [0.05, 0.1) is 12.0 Å². The Labute approximate surface area is 125 Å². The third kappa shape index (κ3) is 2.97. The van der Waals surface area contributed by atoms with Crippen molar-refractivity contribution in [3.8, 4) is 0 Å². The number of rotatable bonds is 3. The fourth-order valence-electron chi connectivity index (χ4n) is 3.48. The second kappa shape index (κ2) is 6.18. The van der Waals surface area contributed by atoms with Gasteiger partial charge in [0.2, 0.25) is 5.91 Å². The van der Waals surface area contributed by atoms with Gasteiger partial charge in [0.25, 0.3) is 0 Å². The maximum Gasteiger partial charge on any atom is 0.475 e. The van der Waals surface area contributed by atoms with E-state index in [2.05, 4.69) is 17.4 Å². The van der Waals surface area contributed by atoms with Gasteiger partial charge in [-0.25, -0.2) is 0 Å². The molecular weight excluding hydrogens is 267 g/mol. The molecule has 3 rings (SSSR count). The molecule has 21 heavy (non-hydrogen) atoms. The highest BCUT2D eigenvalue weighted by Gasteiger charge is 2.41. The van der Waals surface area contributed by atoms with E-state index in [4.69, 9.17) is 0 Å². The quantitative estimate of drug-likeness (QED) is 0.692. The van der Waals surface area contributed by atoms with Crippen molar-refractivity contribution in [1.82, 2.24) is 10.2 Å². The van der Waals surface area contributed by atoms with Gasteiger partial charge in [0.1, 0.15) is 0 Å². The summed E-state index contributed by atoms with van der Waals surface area (Å²) in [6, 6.07) is 10.00. The molecule has 2 saturated heterocycles. The minimum Gasteiger partial charge on any atom is -0.426 e. The molecule has 112 valence electrons. The first-order valence-electron chi connectivity index (χ1n) is 7.62. The van der Waals surface area contributed by atoms with Crippen LogP contribution in [0.5, 0.6) is 0 Å². The van der Waals surface area contributed by atoms with E-state index >= 15 is 0 Å². The number of carbonyl (C=O) groups is 1. The van der Waals surface area contributed by atoms with Gasteiger partial charge in [0, 0.05) is 13.1 Å². The van der Waals surface area contributed by atoms with Crippen LogP contribution >= 0.6 is 0 Å². The van der Waals surface area contributed by atoms with E-state index in [-0.39, 0.29) is 11.9 Å². The number of carbonyl (C=O) groups excluding carboxylic acids is 1. The lowest BCUT2D eigenvalue weighted by Gasteiger charge is -2.26. The Kier molecular flexibility index (Phi) is 4.28. The van der Waals surface area contributed by atoms with Crippen molar-refractivity contribution in [2.75, 3.05) is 13.1 Å². The SMILES string of the molecule is O=C([C@@H]1C[C@@H](c2ccccc2)CN1)N1CCC[C@H]1B(O)O. The number of hydrogen-bond donors (Lipinski definition) is 3. The van der Waals surface area contributed by atoms with Gasteiger partial charge < -0.3 is 20.3 Å². The van der Waals surface area contributed by atoms with Crippen LogP contribution in [0.1, 0.15) is 30.7 Å². The molecule has 6 heteroatoms. The van der Waals surface area contributed by atoms with Crippen LogP contribution in [0.4, 0.5) is 0 Å². The summed E-state index contributed by atoms with van der Waals surface area (Å²) in [5.41, 5.74) is 1.25. The summed E-state index contributed by atoms with van der Waals surface area (Å²) in [7, 11) is -1.44. The normalized spacial score (nSPS) is 28.9. The van der Waals surface area contributed by atoms with Crippen LogP contribution in [-0.4, -0.2) is 53.0 Å². The maximum atomic E-state index is 12.6. The third-order valence-electron chi connectivity index (χ3n) is 4.63. The van der Waals surface area contributed by atoms with E-state index in [9.17, 15) is 14.8 Å². The lowest BCUT2D eigenvalue weighted by Crippen LogP contribution is -2.51. The molecular formula is C15H21BN2O3. The fraction of sp³-hybridized carbons (Fsp3) is 0.533. The van der Waals surface area contributed by atoms with Crippen molar-refractivity contribution in [3.05, 3.63) is 35.9 Å². The highest BCUT2D eigenvalue weighted by molar-refractivity contribution is 6.43. The van der Waals surface area contributed by atoms with E-state index < -0.39 is 13.1 Å². The average Bonchev–Trinajstić information content (AvgIpc) is 3.17. The van der Waals surface area contributed by atoms with Gasteiger partial charge in [-0.15, -0.1) is 0 Å². The maximum absolute atomic E-state index is 12.6. The third-order valence-corrected chi connectivity index (χ3v) is 4.63. The summed E-state index contributed by atoms with van der Waals surface area (Å²) in [5, 5.41) is 22.1. The van der Waals surface area contributed by atoms with Crippen LogP contribution in [0.15, 0.2) is 30.3 Å². The molecule has 2 aliphatic rings. The van der Waals surface area contributed by atoms with E-state index in [1.54, 1.807) is 4.90 Å². The van der Waals surface area contributed by atoms with Gasteiger partial charge in [-0.2, -0.15) is 0 Å². The molecule has 1 amide bonds. The second-order valence-electron chi connectivity index (χ2n) is 5.96. The van der Waals surface area contributed by atoms with Crippen molar-refractivity contribution >= 4 is 13.0 Å².